The van der Waals surface area contributed by atoms with Gasteiger partial charge in [-0.25, -0.2) is 0 Å². The van der Waals surface area contributed by atoms with Gasteiger partial charge in [-0.1, -0.05) is 28.1 Å². The number of anilines is 1. The number of alkyl halides is 1. The number of amides is 3. The zero-order chi connectivity index (χ0) is 31.4. The minimum atomic E-state index is -1.21. The Morgan fingerprint density at radius 3 is 2.48 bits per heavy atom. The Hall–Kier alpha value is -2.77. The average Bonchev–Trinajstić information content (AvgIpc) is 3.62. The molecule has 1 aromatic rings. The second-order valence-corrected chi connectivity index (χ2v) is 12.8. The number of hydrogen-bond acceptors (Lipinski definition) is 8. The van der Waals surface area contributed by atoms with Gasteiger partial charge in [-0.15, -0.1) is 13.2 Å². The number of aliphatic hydroxyl groups excluding tert-OH is 1. The van der Waals surface area contributed by atoms with Crippen LogP contribution in [0.5, 0.6) is 5.75 Å². The molecule has 5 rings (SSSR count). The van der Waals surface area contributed by atoms with Crippen molar-refractivity contribution >= 4 is 39.3 Å². The van der Waals surface area contributed by atoms with Crippen molar-refractivity contribution in [3.8, 4) is 5.75 Å². The van der Waals surface area contributed by atoms with Crippen LogP contribution < -0.4 is 9.64 Å². The number of likely N-dealkylation sites (tertiary alicyclic amines) is 1. The number of halogens is 1. The quantitative estimate of drug-likeness (QED) is 0.235. The van der Waals surface area contributed by atoms with Crippen LogP contribution >= 0.6 is 15.9 Å². The van der Waals surface area contributed by atoms with Crippen LogP contribution in [0.25, 0.3) is 0 Å². The van der Waals surface area contributed by atoms with Crippen LogP contribution in [0.3, 0.4) is 0 Å². The molecule has 1 N–H and O–H groups in total. The summed E-state index contributed by atoms with van der Waals surface area (Å²) in [5, 5.41) is 9.98. The first-order valence-electron chi connectivity index (χ1n) is 15.4. The molecule has 2 bridgehead atoms. The van der Waals surface area contributed by atoms with E-state index in [9.17, 15) is 19.5 Å². The van der Waals surface area contributed by atoms with E-state index in [-0.39, 0.29) is 42.2 Å². The van der Waals surface area contributed by atoms with Gasteiger partial charge in [0.05, 0.1) is 44.4 Å². The first kappa shape index (κ1) is 32.6. The van der Waals surface area contributed by atoms with E-state index in [0.717, 1.165) is 13.1 Å². The lowest BCUT2D eigenvalue weighted by atomic mass is 9.70. The van der Waals surface area contributed by atoms with Crippen molar-refractivity contribution in [2.45, 2.75) is 35.9 Å². The molecule has 3 unspecified atom stereocenters. The molecular formula is C32H43BrN4O7. The highest BCUT2D eigenvalue weighted by molar-refractivity contribution is 9.09. The third-order valence-electron chi connectivity index (χ3n) is 9.14. The molecule has 0 aromatic heterocycles. The molecule has 44 heavy (non-hydrogen) atoms. The third kappa shape index (κ3) is 5.94. The maximum Gasteiger partial charge on any atom is 0.248 e. The molecule has 0 saturated carbocycles. The molecular weight excluding hydrogens is 632 g/mol. The van der Waals surface area contributed by atoms with Crippen LogP contribution in [0.1, 0.15) is 13.3 Å². The summed E-state index contributed by atoms with van der Waals surface area (Å²) < 4.78 is 17.7. The second kappa shape index (κ2) is 14.1. The van der Waals surface area contributed by atoms with Crippen molar-refractivity contribution in [1.82, 2.24) is 14.7 Å². The Kier molecular flexibility index (Phi) is 10.5. The molecule has 0 aliphatic carbocycles. The Balaban J connectivity index is 1.46. The van der Waals surface area contributed by atoms with Crippen molar-refractivity contribution in [3.63, 3.8) is 0 Å². The van der Waals surface area contributed by atoms with Gasteiger partial charge in [-0.3, -0.25) is 19.3 Å². The van der Waals surface area contributed by atoms with E-state index in [0.29, 0.717) is 57.3 Å². The van der Waals surface area contributed by atoms with Gasteiger partial charge in [0.15, 0.2) is 0 Å². The number of benzene rings is 1. The van der Waals surface area contributed by atoms with Gasteiger partial charge >= 0.3 is 0 Å². The average molecular weight is 676 g/mol. The minimum Gasteiger partial charge on any atom is -0.494 e. The van der Waals surface area contributed by atoms with Gasteiger partial charge in [0.2, 0.25) is 17.7 Å². The summed E-state index contributed by atoms with van der Waals surface area (Å²) in [5.74, 6) is -1.87. The van der Waals surface area contributed by atoms with E-state index in [1.165, 1.54) is 4.90 Å². The molecule has 1 aromatic carbocycles. The molecule has 240 valence electrons. The molecule has 4 aliphatic heterocycles. The van der Waals surface area contributed by atoms with Gasteiger partial charge < -0.3 is 34.0 Å². The van der Waals surface area contributed by atoms with Crippen LogP contribution in [0.15, 0.2) is 49.6 Å². The zero-order valence-corrected chi connectivity index (χ0v) is 26.9. The number of morpholine rings is 1. The third-order valence-corrected chi connectivity index (χ3v) is 9.98. The van der Waals surface area contributed by atoms with Crippen LogP contribution in [0.4, 0.5) is 5.69 Å². The van der Waals surface area contributed by atoms with Crippen LogP contribution in [-0.4, -0.2) is 132 Å². The number of ether oxygens (including phenoxy) is 3. The molecule has 12 heteroatoms. The van der Waals surface area contributed by atoms with Gasteiger partial charge in [0.1, 0.15) is 17.4 Å². The van der Waals surface area contributed by atoms with Crippen molar-refractivity contribution in [3.05, 3.63) is 49.6 Å². The molecule has 4 saturated heterocycles. The second-order valence-electron chi connectivity index (χ2n) is 11.6. The Labute approximate surface area is 267 Å². The number of rotatable bonds is 14. The van der Waals surface area contributed by atoms with Gasteiger partial charge in [-0.2, -0.15) is 0 Å². The number of nitrogens with zero attached hydrogens (tertiary/aromatic N) is 4. The number of β-amino-alcohol motifs (C(OH)–C–C–N with tert-alkyl or cyclic N) is 1. The number of aliphatic hydroxyl groups is 1. The number of fused-ring (bicyclic) bond motifs is 1. The van der Waals surface area contributed by atoms with Crippen LogP contribution in [-0.2, 0) is 23.9 Å². The molecule has 11 nitrogen and oxygen atoms in total. The van der Waals surface area contributed by atoms with Gasteiger partial charge in [0.25, 0.3) is 0 Å². The molecule has 6 atom stereocenters. The Morgan fingerprint density at radius 2 is 1.84 bits per heavy atom. The van der Waals surface area contributed by atoms with Crippen molar-refractivity contribution < 1.29 is 33.7 Å². The first-order valence-corrected chi connectivity index (χ1v) is 16.3. The number of carbonyl (C=O) groups excluding carboxylic acids is 3. The lowest BCUT2D eigenvalue weighted by Crippen LogP contribution is -2.58. The predicted octanol–water partition coefficient (Wildman–Crippen LogP) is 1.69. The lowest BCUT2D eigenvalue weighted by Gasteiger charge is -2.38. The summed E-state index contributed by atoms with van der Waals surface area (Å²) in [6, 6.07) is 6.25. The SMILES string of the molecule is C=CCN(CCN1CCOCC1)C(=O)C1N(CCO)C(=O)[C@@H]2[C@H](C(=O)N(CC=C)c3ccc(OCC)cc3)[C@H]3OC12CC3Br. The molecule has 4 fully saturated rings. The maximum atomic E-state index is 14.4. The molecule has 1 spiro atoms. The molecule has 0 radical (unpaired) electrons. The largest absolute Gasteiger partial charge is 0.494 e. The smallest absolute Gasteiger partial charge is 0.248 e. The van der Waals surface area contributed by atoms with Gasteiger partial charge in [0, 0.05) is 56.3 Å². The summed E-state index contributed by atoms with van der Waals surface area (Å²) in [5.41, 5.74) is -0.564. The van der Waals surface area contributed by atoms with E-state index in [4.69, 9.17) is 14.2 Å². The fraction of sp³-hybridized carbons (Fsp3) is 0.594. The zero-order valence-electron chi connectivity index (χ0n) is 25.3. The fourth-order valence-corrected chi connectivity index (χ4v) is 8.21. The number of carbonyl (C=O) groups is 3. The molecule has 4 aliphatic rings. The van der Waals surface area contributed by atoms with Gasteiger partial charge in [-0.05, 0) is 37.6 Å². The van der Waals surface area contributed by atoms with E-state index in [2.05, 4.69) is 34.0 Å². The highest BCUT2D eigenvalue weighted by Gasteiger charge is 2.76. The Bertz CT molecular complexity index is 1230. The summed E-state index contributed by atoms with van der Waals surface area (Å²) >= 11 is 3.74. The Morgan fingerprint density at radius 1 is 1.14 bits per heavy atom. The molecule has 3 amide bonds. The van der Waals surface area contributed by atoms with Crippen molar-refractivity contribution in [2.75, 3.05) is 77.1 Å². The predicted molar refractivity (Wildman–Crippen MR) is 169 cm³/mol. The van der Waals surface area contributed by atoms with Crippen LogP contribution in [0, 0.1) is 11.8 Å². The van der Waals surface area contributed by atoms with E-state index < -0.39 is 29.6 Å². The molecule has 4 heterocycles. The normalized spacial score (nSPS) is 29.4. The van der Waals surface area contributed by atoms with Crippen LogP contribution in [0.2, 0.25) is 0 Å². The maximum absolute atomic E-state index is 14.4. The lowest BCUT2D eigenvalue weighted by molar-refractivity contribution is -0.148. The summed E-state index contributed by atoms with van der Waals surface area (Å²) in [6.07, 6.45) is 3.12. The summed E-state index contributed by atoms with van der Waals surface area (Å²) in [6.45, 7) is 14.3. The standard InChI is InChI=1S/C32H43BrN4O7/c1-4-11-35(14-13-34-16-19-42-20-17-34)31(41)28-32-21-24(33)27(44-32)25(26(32)30(40)37(28)15-18-38)29(39)36(12-5-2)22-7-9-23(10-8-22)43-6-3/h4-5,7-10,24-28,38H,1-2,6,11-21H2,3H3/t24?,25-,26-,27-,28?,32?/m0/s1. The minimum absolute atomic E-state index is 0.0317. The van der Waals surface area contributed by atoms with Crippen molar-refractivity contribution in [2.24, 2.45) is 11.8 Å². The van der Waals surface area contributed by atoms with E-state index >= 15 is 0 Å². The fourth-order valence-electron chi connectivity index (χ4n) is 7.27. The first-order chi connectivity index (χ1) is 21.3. The van der Waals surface area contributed by atoms with E-state index in [1.807, 2.05) is 19.1 Å². The highest BCUT2D eigenvalue weighted by Crippen LogP contribution is 2.60. The number of hydrogen-bond donors (Lipinski definition) is 1. The summed E-state index contributed by atoms with van der Waals surface area (Å²) in [4.78, 5) is 49.8. The topological polar surface area (TPSA) is 112 Å². The van der Waals surface area contributed by atoms with E-state index in [1.54, 1.807) is 34.1 Å². The monoisotopic (exact) mass is 674 g/mol. The highest BCUT2D eigenvalue weighted by atomic mass is 79.9. The van der Waals surface area contributed by atoms with Crippen molar-refractivity contribution in [1.29, 1.82) is 0 Å². The summed E-state index contributed by atoms with van der Waals surface area (Å²) in [7, 11) is 0.